The second kappa shape index (κ2) is 16.5. The molecule has 298 valence electrons. The van der Waals surface area contributed by atoms with Crippen molar-refractivity contribution in [3.8, 4) is 33.6 Å². The maximum Gasteiger partial charge on any atom is 0.407 e. The minimum Gasteiger partial charge on any atom is -0.465 e. The second-order valence-corrected chi connectivity index (χ2v) is 15.6. The lowest BCUT2D eigenvalue weighted by Crippen LogP contribution is -2.51. The Balaban J connectivity index is 1.03. The van der Waals surface area contributed by atoms with Gasteiger partial charge in [0.1, 0.15) is 23.7 Å². The topological polar surface area (TPSA) is 186 Å². The van der Waals surface area contributed by atoms with Crippen LogP contribution in [-0.2, 0) is 14.3 Å². The van der Waals surface area contributed by atoms with Crippen molar-refractivity contribution in [1.82, 2.24) is 40.4 Å². The number of rotatable bonds is 11. The maximum absolute atomic E-state index is 13.6. The van der Waals surface area contributed by atoms with Gasteiger partial charge in [-0.15, -0.1) is 0 Å². The van der Waals surface area contributed by atoms with Gasteiger partial charge in [0, 0.05) is 36.6 Å². The summed E-state index contributed by atoms with van der Waals surface area (Å²) in [5.41, 5.74) is 5.61. The number of methoxy groups -OCH3 is 1. The summed E-state index contributed by atoms with van der Waals surface area (Å²) in [5, 5.41) is 16.5. The normalized spacial score (nSPS) is 17.9. The van der Waals surface area contributed by atoms with Gasteiger partial charge in [0.25, 0.3) is 0 Å². The number of benzene rings is 3. The summed E-state index contributed by atoms with van der Waals surface area (Å²) >= 11 is 0. The van der Waals surface area contributed by atoms with Crippen molar-refractivity contribution in [2.75, 3.05) is 20.2 Å². The molecule has 3 aromatic carbocycles. The van der Waals surface area contributed by atoms with E-state index in [2.05, 4.69) is 69.1 Å². The molecule has 4 amide bonds. The SMILES string of the molecule is COC(=O)N[C@H](C(=O)N1CCC[C@H]1c1nc(-c2ccc3cc(-c4ccc(-c5c[nH]c([C@@H]6CCCN6C(=O)[C@@H](NC(=O)O)C(C)C)n5)cc4)ccc3c2)c[nH]1)C(C)C. The van der Waals surface area contributed by atoms with E-state index in [4.69, 9.17) is 14.7 Å². The number of imidazole rings is 2. The van der Waals surface area contributed by atoms with E-state index >= 15 is 0 Å². The minimum atomic E-state index is -1.21. The van der Waals surface area contributed by atoms with Crippen LogP contribution in [0.2, 0.25) is 0 Å². The van der Waals surface area contributed by atoms with Crippen LogP contribution in [0, 0.1) is 11.8 Å². The van der Waals surface area contributed by atoms with E-state index in [9.17, 15) is 24.3 Å². The standard InChI is InChI=1S/C43H50N8O6/c1-24(2)36(48-42(54)55)40(52)50-18-6-8-34(50)38-44-22-32(46-38)27-12-10-26(11-13-27)28-14-15-30-21-31(17-16-29(30)20-28)33-23-45-39(47-33)35-9-7-19-51(35)41(53)37(25(3)4)49-43(56)57-5/h10-17,20-25,34-37,48H,6-9,18-19H2,1-5H3,(H,44,46)(H,45,47)(H,49,56)(H,54,55)/t34-,35-,36-,37-/m0/s1. The molecule has 4 heterocycles. The molecule has 2 aliphatic heterocycles. The number of hydrogen-bond acceptors (Lipinski definition) is 7. The van der Waals surface area contributed by atoms with Gasteiger partial charge in [-0.25, -0.2) is 19.6 Å². The smallest absolute Gasteiger partial charge is 0.407 e. The molecule has 7 rings (SSSR count). The average molecular weight is 775 g/mol. The molecule has 2 aromatic heterocycles. The number of carbonyl (C=O) groups excluding carboxylic acids is 3. The third-order valence-electron chi connectivity index (χ3n) is 11.2. The number of carbonyl (C=O) groups is 4. The number of alkyl carbamates (subject to hydrolysis) is 1. The first-order chi connectivity index (χ1) is 27.4. The van der Waals surface area contributed by atoms with Gasteiger partial charge in [0.15, 0.2) is 0 Å². The highest BCUT2D eigenvalue weighted by molar-refractivity contribution is 5.91. The average Bonchev–Trinajstić information content (AvgIpc) is 4.05. The van der Waals surface area contributed by atoms with E-state index in [1.54, 1.807) is 4.90 Å². The van der Waals surface area contributed by atoms with Crippen molar-refractivity contribution in [3.05, 3.63) is 84.7 Å². The lowest BCUT2D eigenvalue weighted by molar-refractivity contribution is -0.136. The molecule has 0 spiro atoms. The van der Waals surface area contributed by atoms with Gasteiger partial charge in [-0.05, 0) is 71.6 Å². The van der Waals surface area contributed by atoms with Gasteiger partial charge in [-0.3, -0.25) is 9.59 Å². The van der Waals surface area contributed by atoms with E-state index in [0.717, 1.165) is 75.9 Å². The second-order valence-electron chi connectivity index (χ2n) is 15.6. The third-order valence-corrected chi connectivity index (χ3v) is 11.2. The van der Waals surface area contributed by atoms with E-state index in [1.807, 2.05) is 57.1 Å². The zero-order chi connectivity index (χ0) is 40.4. The number of nitrogens with zero attached hydrogens (tertiary/aromatic N) is 4. The molecule has 5 aromatic rings. The number of hydrogen-bond donors (Lipinski definition) is 5. The molecule has 2 fully saturated rings. The Bertz CT molecular complexity index is 2260. The van der Waals surface area contributed by atoms with Crippen LogP contribution >= 0.6 is 0 Å². The number of aromatic nitrogens is 4. The molecule has 57 heavy (non-hydrogen) atoms. The van der Waals surface area contributed by atoms with Crippen molar-refractivity contribution in [2.45, 2.75) is 77.5 Å². The zero-order valence-corrected chi connectivity index (χ0v) is 32.9. The Morgan fingerprint density at radius 3 is 1.65 bits per heavy atom. The van der Waals surface area contributed by atoms with Crippen LogP contribution in [0.3, 0.4) is 0 Å². The molecule has 0 saturated carbocycles. The summed E-state index contributed by atoms with van der Waals surface area (Å²) in [6, 6.07) is 18.9. The minimum absolute atomic E-state index is 0.108. The number of fused-ring (bicyclic) bond motifs is 1. The number of ether oxygens (including phenoxy) is 1. The molecule has 2 aliphatic rings. The number of aromatic amines is 2. The van der Waals surface area contributed by atoms with Gasteiger partial charge >= 0.3 is 12.2 Å². The molecule has 0 radical (unpaired) electrons. The summed E-state index contributed by atoms with van der Waals surface area (Å²) in [4.78, 5) is 70.2. The highest BCUT2D eigenvalue weighted by atomic mass is 16.5. The molecule has 0 aliphatic carbocycles. The molecule has 2 saturated heterocycles. The van der Waals surface area contributed by atoms with Crippen LogP contribution in [0.5, 0.6) is 0 Å². The number of likely N-dealkylation sites (tertiary alicyclic amines) is 2. The molecule has 4 atom stereocenters. The van der Waals surface area contributed by atoms with Gasteiger partial charge in [0.05, 0.1) is 30.6 Å². The highest BCUT2D eigenvalue weighted by Crippen LogP contribution is 2.35. The maximum atomic E-state index is 13.6. The van der Waals surface area contributed by atoms with Crippen LogP contribution in [0.1, 0.15) is 77.1 Å². The first-order valence-corrected chi connectivity index (χ1v) is 19.6. The third kappa shape index (κ3) is 8.21. The van der Waals surface area contributed by atoms with Gasteiger partial charge in [-0.2, -0.15) is 0 Å². The summed E-state index contributed by atoms with van der Waals surface area (Å²) in [6.07, 6.45) is 5.09. The lowest BCUT2D eigenvalue weighted by Gasteiger charge is -2.29. The molecular formula is C43H50N8O6. The Labute approximate surface area is 331 Å². The van der Waals surface area contributed by atoms with Crippen LogP contribution < -0.4 is 10.6 Å². The predicted molar refractivity (Wildman–Crippen MR) is 216 cm³/mol. The van der Waals surface area contributed by atoms with Gasteiger partial charge < -0.3 is 40.2 Å². The molecule has 0 unspecified atom stereocenters. The van der Waals surface area contributed by atoms with E-state index in [-0.39, 0.29) is 35.7 Å². The monoisotopic (exact) mass is 774 g/mol. The van der Waals surface area contributed by atoms with Crippen LogP contribution in [-0.4, -0.2) is 91.1 Å². The van der Waals surface area contributed by atoms with Crippen LogP contribution in [0.4, 0.5) is 9.59 Å². The molecule has 0 bridgehead atoms. The Hall–Kier alpha value is -6.18. The Morgan fingerprint density at radius 1 is 0.684 bits per heavy atom. The first-order valence-electron chi connectivity index (χ1n) is 19.6. The van der Waals surface area contributed by atoms with Crippen molar-refractivity contribution in [1.29, 1.82) is 0 Å². The predicted octanol–water partition coefficient (Wildman–Crippen LogP) is 7.29. The van der Waals surface area contributed by atoms with E-state index in [1.165, 1.54) is 7.11 Å². The molecule has 5 N–H and O–H groups in total. The largest absolute Gasteiger partial charge is 0.465 e. The zero-order valence-electron chi connectivity index (χ0n) is 32.9. The van der Waals surface area contributed by atoms with Crippen molar-refractivity contribution in [2.24, 2.45) is 11.8 Å². The van der Waals surface area contributed by atoms with Crippen molar-refractivity contribution in [3.63, 3.8) is 0 Å². The summed E-state index contributed by atoms with van der Waals surface area (Å²) in [5.74, 6) is 0.754. The fourth-order valence-corrected chi connectivity index (χ4v) is 8.06. The van der Waals surface area contributed by atoms with E-state index < -0.39 is 24.3 Å². The molecule has 14 heteroatoms. The molecule has 14 nitrogen and oxygen atoms in total. The summed E-state index contributed by atoms with van der Waals surface area (Å²) < 4.78 is 4.76. The Kier molecular flexibility index (Phi) is 11.3. The fraction of sp³-hybridized carbons (Fsp3) is 0.395. The summed E-state index contributed by atoms with van der Waals surface area (Å²) in [7, 11) is 1.29. The van der Waals surface area contributed by atoms with Crippen molar-refractivity contribution < 1.29 is 29.0 Å². The van der Waals surface area contributed by atoms with Crippen LogP contribution in [0.25, 0.3) is 44.4 Å². The Morgan fingerprint density at radius 2 is 1.14 bits per heavy atom. The van der Waals surface area contributed by atoms with Gasteiger partial charge in [0.2, 0.25) is 11.8 Å². The van der Waals surface area contributed by atoms with Gasteiger partial charge in [-0.1, -0.05) is 76.2 Å². The lowest BCUT2D eigenvalue weighted by atomic mass is 9.98. The number of H-pyrrole nitrogens is 2. The number of amides is 4. The number of nitrogens with one attached hydrogen (secondary N) is 4. The fourth-order valence-electron chi connectivity index (χ4n) is 8.06. The number of carboxylic acid groups (broad SMARTS) is 1. The van der Waals surface area contributed by atoms with Crippen molar-refractivity contribution >= 4 is 34.8 Å². The summed E-state index contributed by atoms with van der Waals surface area (Å²) in [6.45, 7) is 8.61. The quantitative estimate of drug-likeness (QED) is 0.0926. The van der Waals surface area contributed by atoms with E-state index in [0.29, 0.717) is 18.9 Å². The highest BCUT2D eigenvalue weighted by Gasteiger charge is 2.39. The van der Waals surface area contributed by atoms with Crippen LogP contribution in [0.15, 0.2) is 73.1 Å². The first kappa shape index (κ1) is 39.1. The molecular weight excluding hydrogens is 725 g/mol.